The first-order chi connectivity index (χ1) is 13.2. The zero-order valence-corrected chi connectivity index (χ0v) is 15.7. The summed E-state index contributed by atoms with van der Waals surface area (Å²) in [7, 11) is 0. The van der Waals surface area contributed by atoms with Crippen LogP contribution in [0, 0.1) is 0 Å². The fraction of sp³-hybridized carbons (Fsp3) is 0.182. The largest absolute Gasteiger partial charge is 0.473 e. The third-order valence-corrected chi connectivity index (χ3v) is 4.28. The molecule has 5 heteroatoms. The summed E-state index contributed by atoms with van der Waals surface area (Å²) in [5.74, 6) is 0.545. The topological polar surface area (TPSA) is 51.2 Å². The van der Waals surface area contributed by atoms with E-state index < -0.39 is 0 Å². The smallest absolute Gasteiger partial charge is 0.220 e. The maximum Gasteiger partial charge on any atom is 0.220 e. The second-order valence-corrected chi connectivity index (χ2v) is 6.62. The zero-order chi connectivity index (χ0) is 18.9. The number of aromatic nitrogens is 1. The number of rotatable bonds is 8. The lowest BCUT2D eigenvalue weighted by Crippen LogP contribution is -2.23. The van der Waals surface area contributed by atoms with Crippen molar-refractivity contribution in [1.82, 2.24) is 10.3 Å². The Labute approximate surface area is 164 Å². The molecule has 27 heavy (non-hydrogen) atoms. The highest BCUT2D eigenvalue weighted by Crippen LogP contribution is 2.13. The molecule has 1 N–H and O–H groups in total. The van der Waals surface area contributed by atoms with Crippen LogP contribution in [0.25, 0.3) is 0 Å². The van der Waals surface area contributed by atoms with Gasteiger partial charge >= 0.3 is 0 Å². The van der Waals surface area contributed by atoms with E-state index in [0.29, 0.717) is 36.9 Å². The molecule has 0 saturated heterocycles. The van der Waals surface area contributed by atoms with Crippen LogP contribution < -0.4 is 10.1 Å². The van der Waals surface area contributed by atoms with E-state index in [1.165, 1.54) is 0 Å². The third-order valence-electron chi connectivity index (χ3n) is 4.05. The number of ether oxygens (including phenoxy) is 1. The van der Waals surface area contributed by atoms with Crippen LogP contribution in [0.2, 0.25) is 5.02 Å². The maximum absolute atomic E-state index is 12.1. The van der Waals surface area contributed by atoms with Gasteiger partial charge in [0.05, 0.1) is 0 Å². The van der Waals surface area contributed by atoms with Gasteiger partial charge in [-0.2, -0.15) is 0 Å². The Bertz CT molecular complexity index is 884. The first-order valence-electron chi connectivity index (χ1n) is 8.82. The van der Waals surface area contributed by atoms with Gasteiger partial charge < -0.3 is 10.1 Å². The lowest BCUT2D eigenvalue weighted by molar-refractivity contribution is -0.121. The van der Waals surface area contributed by atoms with Crippen LogP contribution in [-0.4, -0.2) is 10.9 Å². The van der Waals surface area contributed by atoms with Gasteiger partial charge in [-0.05, 0) is 41.3 Å². The Morgan fingerprint density at radius 3 is 2.59 bits per heavy atom. The Balaban J connectivity index is 1.45. The van der Waals surface area contributed by atoms with Crippen LogP contribution >= 0.6 is 11.6 Å². The molecular formula is C22H21ClN2O2. The fourth-order valence-electron chi connectivity index (χ4n) is 2.61. The number of benzene rings is 2. The summed E-state index contributed by atoms with van der Waals surface area (Å²) in [6.07, 6.45) is 2.77. The maximum atomic E-state index is 12.1. The van der Waals surface area contributed by atoms with E-state index in [2.05, 4.69) is 10.3 Å². The highest BCUT2D eigenvalue weighted by atomic mass is 35.5. The average molecular weight is 381 g/mol. The summed E-state index contributed by atoms with van der Waals surface area (Å²) in [4.78, 5) is 16.3. The van der Waals surface area contributed by atoms with Crippen LogP contribution in [0.4, 0.5) is 0 Å². The molecule has 3 aromatic rings. The number of carbonyl (C=O) groups is 1. The Morgan fingerprint density at radius 2 is 1.78 bits per heavy atom. The molecule has 0 atom stereocenters. The molecule has 0 aliphatic heterocycles. The minimum Gasteiger partial charge on any atom is -0.473 e. The zero-order valence-electron chi connectivity index (χ0n) is 14.9. The predicted molar refractivity (Wildman–Crippen MR) is 107 cm³/mol. The van der Waals surface area contributed by atoms with Crippen LogP contribution in [-0.2, 0) is 24.4 Å². The van der Waals surface area contributed by atoms with Gasteiger partial charge in [-0.3, -0.25) is 4.79 Å². The van der Waals surface area contributed by atoms with Crippen molar-refractivity contribution < 1.29 is 9.53 Å². The second-order valence-electron chi connectivity index (χ2n) is 6.18. The number of halogens is 1. The van der Waals surface area contributed by atoms with E-state index in [4.69, 9.17) is 16.3 Å². The number of hydrogen-bond donors (Lipinski definition) is 1. The number of nitrogens with zero attached hydrogens (tertiary/aromatic N) is 1. The molecular weight excluding hydrogens is 360 g/mol. The van der Waals surface area contributed by atoms with Gasteiger partial charge in [-0.1, -0.05) is 54.1 Å². The van der Waals surface area contributed by atoms with Crippen LogP contribution in [0.3, 0.4) is 0 Å². The predicted octanol–water partition coefficient (Wildman–Crippen LogP) is 4.56. The van der Waals surface area contributed by atoms with Gasteiger partial charge in [0.1, 0.15) is 6.61 Å². The molecule has 0 aliphatic rings. The highest BCUT2D eigenvalue weighted by molar-refractivity contribution is 6.30. The lowest BCUT2D eigenvalue weighted by atomic mass is 10.1. The standard InChI is InChI=1S/C22H21ClN2O2/c23-20-8-4-7-17(13-20)9-10-21(26)25-15-19-11-12-24-22(14-19)27-16-18-5-2-1-3-6-18/h1-8,11-14H,9-10,15-16H2,(H,25,26). The molecule has 0 fully saturated rings. The molecule has 1 heterocycles. The van der Waals surface area contributed by atoms with Crippen molar-refractivity contribution >= 4 is 17.5 Å². The molecule has 0 aliphatic carbocycles. The Morgan fingerprint density at radius 1 is 0.963 bits per heavy atom. The summed E-state index contributed by atoms with van der Waals surface area (Å²) in [6.45, 7) is 0.905. The third kappa shape index (κ3) is 6.42. The van der Waals surface area contributed by atoms with Crippen LogP contribution in [0.15, 0.2) is 72.9 Å². The van der Waals surface area contributed by atoms with E-state index in [-0.39, 0.29) is 5.91 Å². The van der Waals surface area contributed by atoms with Gasteiger partial charge in [0.25, 0.3) is 0 Å². The molecule has 0 bridgehead atoms. The normalized spacial score (nSPS) is 10.4. The van der Waals surface area contributed by atoms with Gasteiger partial charge in [0, 0.05) is 30.3 Å². The van der Waals surface area contributed by atoms with E-state index >= 15 is 0 Å². The molecule has 4 nitrogen and oxygen atoms in total. The van der Waals surface area contributed by atoms with Gasteiger partial charge in [-0.25, -0.2) is 4.98 Å². The Hall–Kier alpha value is -2.85. The summed E-state index contributed by atoms with van der Waals surface area (Å²) in [5.41, 5.74) is 3.08. The Kier molecular flexibility index (Phi) is 6.83. The summed E-state index contributed by atoms with van der Waals surface area (Å²) in [5, 5.41) is 3.62. The first-order valence-corrected chi connectivity index (χ1v) is 9.19. The van der Waals surface area contributed by atoms with E-state index in [1.54, 1.807) is 6.20 Å². The van der Waals surface area contributed by atoms with Crippen molar-refractivity contribution in [2.75, 3.05) is 0 Å². The summed E-state index contributed by atoms with van der Waals surface area (Å²) < 4.78 is 5.72. The van der Waals surface area contributed by atoms with Gasteiger partial charge in [0.2, 0.25) is 11.8 Å². The molecule has 1 aromatic heterocycles. The molecule has 1 amide bonds. The fourth-order valence-corrected chi connectivity index (χ4v) is 2.82. The minimum absolute atomic E-state index is 0.00135. The van der Waals surface area contributed by atoms with Crippen LogP contribution in [0.1, 0.15) is 23.1 Å². The molecule has 3 rings (SSSR count). The number of aryl methyl sites for hydroxylation is 1. The number of hydrogen-bond acceptors (Lipinski definition) is 3. The first kappa shape index (κ1) is 18.9. The number of nitrogens with one attached hydrogen (secondary N) is 1. The average Bonchev–Trinajstić information content (AvgIpc) is 2.70. The van der Waals surface area contributed by atoms with E-state index in [9.17, 15) is 4.79 Å². The van der Waals surface area contributed by atoms with Crippen molar-refractivity contribution in [2.24, 2.45) is 0 Å². The van der Waals surface area contributed by atoms with Gasteiger partial charge in [-0.15, -0.1) is 0 Å². The monoisotopic (exact) mass is 380 g/mol. The molecule has 0 unspecified atom stereocenters. The number of amides is 1. The van der Waals surface area contributed by atoms with E-state index in [0.717, 1.165) is 16.7 Å². The van der Waals surface area contributed by atoms with Crippen molar-refractivity contribution in [3.63, 3.8) is 0 Å². The molecule has 0 radical (unpaired) electrons. The minimum atomic E-state index is -0.00135. The second kappa shape index (κ2) is 9.74. The molecule has 0 spiro atoms. The number of carbonyl (C=O) groups excluding carboxylic acids is 1. The highest BCUT2D eigenvalue weighted by Gasteiger charge is 2.05. The number of pyridine rings is 1. The van der Waals surface area contributed by atoms with E-state index in [1.807, 2.05) is 66.7 Å². The SMILES string of the molecule is O=C(CCc1cccc(Cl)c1)NCc1ccnc(OCc2ccccc2)c1. The summed E-state index contributed by atoms with van der Waals surface area (Å²) in [6, 6.07) is 21.2. The lowest BCUT2D eigenvalue weighted by Gasteiger charge is -2.08. The van der Waals surface area contributed by atoms with Crippen LogP contribution in [0.5, 0.6) is 5.88 Å². The summed E-state index contributed by atoms with van der Waals surface area (Å²) >= 11 is 5.96. The van der Waals surface area contributed by atoms with Crippen molar-refractivity contribution in [3.05, 3.63) is 94.6 Å². The molecule has 2 aromatic carbocycles. The van der Waals surface area contributed by atoms with Crippen molar-refractivity contribution in [2.45, 2.75) is 26.0 Å². The van der Waals surface area contributed by atoms with Crippen molar-refractivity contribution in [3.8, 4) is 5.88 Å². The quantitative estimate of drug-likeness (QED) is 0.623. The molecule has 0 saturated carbocycles. The van der Waals surface area contributed by atoms with Gasteiger partial charge in [0.15, 0.2) is 0 Å². The van der Waals surface area contributed by atoms with Crippen molar-refractivity contribution in [1.29, 1.82) is 0 Å². The molecule has 138 valence electrons.